The minimum Gasteiger partial charge on any atom is -0.466 e. The standard InChI is InChI=1S/C34H60N6O15Si2/c1-11-17-49-27(41)13-15-39(31(45)35-37-33(47)53-21-19-51-29(43)25(3)4)23-56(7,8)55-57(9,10)24-40(16-14-28(42)50-18-12-2)32(46)36-38-34(48)54-22-20-52-30(44)26(5)6/h3,5,11-24H2,1-2,4,6-10H3,(H,35,45)(H,36,46)(H,37,47)(H,38,48). The molecule has 23 heteroatoms. The molecule has 0 aromatic heterocycles. The number of esters is 4. The number of nitrogens with one attached hydrogen (secondary N) is 4. The summed E-state index contributed by atoms with van der Waals surface area (Å²) >= 11 is 0. The molecule has 0 rings (SSSR count). The van der Waals surface area contributed by atoms with Gasteiger partial charge in [0, 0.05) is 36.6 Å². The molecule has 0 spiro atoms. The van der Waals surface area contributed by atoms with Gasteiger partial charge >= 0.3 is 48.1 Å². The Labute approximate surface area is 335 Å². The summed E-state index contributed by atoms with van der Waals surface area (Å²) in [5.41, 5.74) is 9.01. The van der Waals surface area contributed by atoms with Crippen LogP contribution in [0.2, 0.25) is 26.2 Å². The summed E-state index contributed by atoms with van der Waals surface area (Å²) < 4.78 is 36.5. The molecule has 57 heavy (non-hydrogen) atoms. The number of nitrogens with zero attached hydrogens (tertiary/aromatic N) is 2. The molecular weight excluding hydrogens is 789 g/mol. The van der Waals surface area contributed by atoms with Gasteiger partial charge in [0.15, 0.2) is 16.6 Å². The Kier molecular flexibility index (Phi) is 24.9. The van der Waals surface area contributed by atoms with E-state index in [0.717, 1.165) is 0 Å². The van der Waals surface area contributed by atoms with Crippen molar-refractivity contribution in [2.24, 2.45) is 0 Å². The SMILES string of the molecule is C=C(C)C(=O)OCCOC(=O)NNC(=O)N(CCC(=O)OCCC)C[Si](C)(C)O[Si](C)(C)CN(CCC(=O)OCCC)C(=O)NNC(=O)OCCOC(=O)C(=C)C. The van der Waals surface area contributed by atoms with E-state index in [2.05, 4.69) is 34.9 Å². The predicted molar refractivity (Wildman–Crippen MR) is 209 cm³/mol. The first-order valence-corrected chi connectivity index (χ1v) is 24.5. The summed E-state index contributed by atoms with van der Waals surface area (Å²) in [6, 6.07) is -1.57. The molecule has 0 saturated carbocycles. The van der Waals surface area contributed by atoms with Crippen LogP contribution in [0.25, 0.3) is 0 Å². The third kappa shape index (κ3) is 25.6. The zero-order valence-corrected chi connectivity index (χ0v) is 36.3. The fourth-order valence-corrected chi connectivity index (χ4v) is 13.4. The third-order valence-electron chi connectivity index (χ3n) is 6.72. The second-order valence-corrected chi connectivity index (χ2v) is 22.1. The lowest BCUT2D eigenvalue weighted by molar-refractivity contribution is -0.144. The van der Waals surface area contributed by atoms with Crippen molar-refractivity contribution in [1.29, 1.82) is 0 Å². The van der Waals surface area contributed by atoms with E-state index in [1.807, 2.05) is 40.0 Å². The molecule has 21 nitrogen and oxygen atoms in total. The van der Waals surface area contributed by atoms with E-state index in [1.54, 1.807) is 0 Å². The highest BCUT2D eigenvalue weighted by Gasteiger charge is 2.38. The molecule has 0 atom stereocenters. The summed E-state index contributed by atoms with van der Waals surface area (Å²) in [6.45, 7) is 19.9. The first kappa shape index (κ1) is 51.8. The largest absolute Gasteiger partial charge is 0.466 e. The second kappa shape index (κ2) is 27.4. The van der Waals surface area contributed by atoms with Crippen LogP contribution >= 0.6 is 0 Å². The number of ether oxygens (including phenoxy) is 6. The van der Waals surface area contributed by atoms with Gasteiger partial charge in [0.25, 0.3) is 0 Å². The van der Waals surface area contributed by atoms with Gasteiger partial charge in [0.1, 0.15) is 26.4 Å². The molecule has 0 aliphatic heterocycles. The fraction of sp³-hybridized carbons (Fsp3) is 0.647. The number of hydrogen-bond acceptors (Lipinski definition) is 15. The van der Waals surface area contributed by atoms with Crippen LogP contribution in [0.15, 0.2) is 24.3 Å². The van der Waals surface area contributed by atoms with Gasteiger partial charge in [0.2, 0.25) is 0 Å². The van der Waals surface area contributed by atoms with Crippen molar-refractivity contribution in [2.45, 2.75) is 79.6 Å². The van der Waals surface area contributed by atoms with Crippen LogP contribution in [0.3, 0.4) is 0 Å². The Morgan fingerprint density at radius 1 is 0.509 bits per heavy atom. The molecule has 0 aromatic rings. The normalized spacial score (nSPS) is 10.8. The van der Waals surface area contributed by atoms with Gasteiger partial charge in [-0.25, -0.2) is 50.5 Å². The number of rotatable bonds is 24. The lowest BCUT2D eigenvalue weighted by atomic mass is 10.4. The van der Waals surface area contributed by atoms with Crippen LogP contribution in [0.4, 0.5) is 19.2 Å². The molecule has 0 radical (unpaired) electrons. The fourth-order valence-electron chi connectivity index (χ4n) is 4.49. The Bertz CT molecular complexity index is 1310. The number of carbonyl (C=O) groups excluding carboxylic acids is 8. The minimum atomic E-state index is -2.90. The van der Waals surface area contributed by atoms with E-state index >= 15 is 0 Å². The Hall–Kier alpha value is -5.17. The lowest BCUT2D eigenvalue weighted by Gasteiger charge is -2.39. The molecule has 0 unspecified atom stereocenters. The van der Waals surface area contributed by atoms with Crippen LogP contribution in [-0.2, 0) is 51.7 Å². The molecule has 0 heterocycles. The van der Waals surface area contributed by atoms with E-state index in [-0.39, 0.29) is 89.1 Å². The zero-order valence-electron chi connectivity index (χ0n) is 34.3. The van der Waals surface area contributed by atoms with Gasteiger partial charge in [0.05, 0.1) is 26.1 Å². The summed E-state index contributed by atoms with van der Waals surface area (Å²) in [4.78, 5) is 101. The zero-order chi connectivity index (χ0) is 43.6. The molecule has 0 aliphatic carbocycles. The van der Waals surface area contributed by atoms with E-state index < -0.39 is 64.8 Å². The molecular formula is C34H60N6O15Si2. The first-order valence-electron chi connectivity index (χ1n) is 18.2. The Morgan fingerprint density at radius 3 is 1.16 bits per heavy atom. The molecule has 0 aliphatic rings. The molecule has 0 saturated heterocycles. The number of hydrogen-bond donors (Lipinski definition) is 4. The van der Waals surface area contributed by atoms with Gasteiger partial charge in [-0.2, -0.15) is 0 Å². The van der Waals surface area contributed by atoms with E-state index in [4.69, 9.17) is 32.5 Å². The van der Waals surface area contributed by atoms with Crippen molar-refractivity contribution in [3.8, 4) is 0 Å². The van der Waals surface area contributed by atoms with Crippen molar-refractivity contribution < 1.29 is 70.9 Å². The van der Waals surface area contributed by atoms with Gasteiger partial charge in [-0.15, -0.1) is 0 Å². The summed E-state index contributed by atoms with van der Waals surface area (Å²) in [5, 5.41) is 0. The number of urea groups is 2. The number of carbonyl (C=O) groups is 8. The molecule has 0 fully saturated rings. The van der Waals surface area contributed by atoms with Crippen molar-refractivity contribution in [3.63, 3.8) is 0 Å². The summed E-state index contributed by atoms with van der Waals surface area (Å²) in [6.07, 6.45) is -1.15. The van der Waals surface area contributed by atoms with Crippen LogP contribution in [0, 0.1) is 0 Å². The topological polar surface area (TPSA) is 256 Å². The van der Waals surface area contributed by atoms with Gasteiger partial charge in [-0.1, -0.05) is 27.0 Å². The van der Waals surface area contributed by atoms with E-state index in [1.165, 1.54) is 23.6 Å². The predicted octanol–water partition coefficient (Wildman–Crippen LogP) is 2.72. The van der Waals surface area contributed by atoms with E-state index in [9.17, 15) is 38.4 Å². The Morgan fingerprint density at radius 2 is 0.842 bits per heavy atom. The van der Waals surface area contributed by atoms with E-state index in [0.29, 0.717) is 12.8 Å². The average Bonchev–Trinajstić information content (AvgIpc) is 3.13. The van der Waals surface area contributed by atoms with Crippen LogP contribution < -0.4 is 21.7 Å². The quantitative estimate of drug-likeness (QED) is 0.0272. The van der Waals surface area contributed by atoms with Gasteiger partial charge < -0.3 is 42.3 Å². The first-order chi connectivity index (χ1) is 26.6. The minimum absolute atomic E-state index is 0.0223. The highest BCUT2D eigenvalue weighted by Crippen LogP contribution is 2.18. The summed E-state index contributed by atoms with van der Waals surface area (Å²) in [7, 11) is -5.81. The number of hydrazine groups is 2. The van der Waals surface area contributed by atoms with Gasteiger partial charge in [-0.3, -0.25) is 9.59 Å². The number of amides is 6. The molecule has 6 amide bonds. The molecule has 324 valence electrons. The monoisotopic (exact) mass is 848 g/mol. The average molecular weight is 849 g/mol. The van der Waals surface area contributed by atoms with Crippen molar-refractivity contribution in [1.82, 2.24) is 31.5 Å². The highest BCUT2D eigenvalue weighted by atomic mass is 28.4. The summed E-state index contributed by atoms with van der Waals surface area (Å²) in [5.74, 6) is -2.39. The third-order valence-corrected chi connectivity index (χ3v) is 13.4. The second-order valence-electron chi connectivity index (χ2n) is 13.6. The van der Waals surface area contributed by atoms with Crippen molar-refractivity contribution in [3.05, 3.63) is 24.3 Å². The Balaban J connectivity index is 5.72. The van der Waals surface area contributed by atoms with Crippen LogP contribution in [0.5, 0.6) is 0 Å². The van der Waals surface area contributed by atoms with Crippen LogP contribution in [-0.4, -0.2) is 140 Å². The smallest absolute Gasteiger partial charge is 0.426 e. The molecule has 0 aromatic carbocycles. The van der Waals surface area contributed by atoms with Crippen molar-refractivity contribution in [2.75, 3.05) is 65.1 Å². The van der Waals surface area contributed by atoms with Crippen LogP contribution in [0.1, 0.15) is 53.4 Å². The molecule has 0 bridgehead atoms. The maximum Gasteiger partial charge on any atom is 0.426 e. The lowest BCUT2D eigenvalue weighted by Crippen LogP contribution is -2.60. The van der Waals surface area contributed by atoms with Gasteiger partial charge in [-0.05, 0) is 52.9 Å². The van der Waals surface area contributed by atoms with Crippen molar-refractivity contribution >= 4 is 64.8 Å². The molecule has 4 N–H and O–H groups in total. The highest BCUT2D eigenvalue weighted by molar-refractivity contribution is 6.85. The maximum absolute atomic E-state index is 13.3. The maximum atomic E-state index is 13.3.